The maximum Gasteiger partial charge on any atom is 0.127 e. The Morgan fingerprint density at radius 2 is 1.79 bits per heavy atom. The zero-order valence-corrected chi connectivity index (χ0v) is 15.7. The fraction of sp³-hybridized carbons (Fsp3) is 0.429. The molecule has 3 heteroatoms. The minimum absolute atomic E-state index is 0.253. The molecular formula is C21H29NO2. The smallest absolute Gasteiger partial charge is 0.127 e. The average Bonchev–Trinajstić information content (AvgIpc) is 2.59. The molecule has 0 saturated heterocycles. The van der Waals surface area contributed by atoms with Crippen molar-refractivity contribution in [2.75, 3.05) is 21.2 Å². The Kier molecular flexibility index (Phi) is 6.27. The first-order valence-corrected chi connectivity index (χ1v) is 8.53. The SMILES string of the molecule is CCc1c(OCc2ccccc2)cc(C(C)N(C)C)c(OC)c1C. The van der Waals surface area contributed by atoms with Crippen molar-refractivity contribution in [1.82, 2.24) is 4.90 Å². The molecule has 3 nitrogen and oxygen atoms in total. The lowest BCUT2D eigenvalue weighted by atomic mass is 9.96. The topological polar surface area (TPSA) is 21.7 Å². The Morgan fingerprint density at radius 3 is 2.33 bits per heavy atom. The Labute approximate surface area is 146 Å². The Bertz CT molecular complexity index is 665. The summed E-state index contributed by atoms with van der Waals surface area (Å²) in [5.41, 5.74) is 4.74. The molecule has 1 unspecified atom stereocenters. The number of nitrogens with zero attached hydrogens (tertiary/aromatic N) is 1. The molecule has 1 atom stereocenters. The number of rotatable bonds is 7. The summed E-state index contributed by atoms with van der Waals surface area (Å²) in [4.78, 5) is 2.18. The predicted octanol–water partition coefficient (Wildman–Crippen LogP) is 4.77. The second kappa shape index (κ2) is 8.20. The van der Waals surface area contributed by atoms with E-state index in [2.05, 4.69) is 58.0 Å². The molecule has 2 aromatic rings. The Balaban J connectivity index is 2.41. The highest BCUT2D eigenvalue weighted by Gasteiger charge is 2.21. The summed E-state index contributed by atoms with van der Waals surface area (Å²) in [7, 11) is 5.91. The summed E-state index contributed by atoms with van der Waals surface area (Å²) in [5, 5.41) is 0. The number of ether oxygens (including phenoxy) is 2. The molecule has 0 heterocycles. The molecule has 0 amide bonds. The summed E-state index contributed by atoms with van der Waals surface area (Å²) in [6.45, 7) is 7.05. The normalized spacial score (nSPS) is 12.3. The van der Waals surface area contributed by atoms with Gasteiger partial charge in [0.2, 0.25) is 0 Å². The number of benzene rings is 2. The number of methoxy groups -OCH3 is 1. The lowest BCUT2D eigenvalue weighted by Gasteiger charge is -2.26. The van der Waals surface area contributed by atoms with E-state index in [0.717, 1.165) is 17.9 Å². The molecule has 0 radical (unpaired) electrons. The van der Waals surface area contributed by atoms with E-state index in [9.17, 15) is 0 Å². The lowest BCUT2D eigenvalue weighted by molar-refractivity contribution is 0.290. The molecule has 0 aliphatic heterocycles. The molecule has 0 aliphatic rings. The van der Waals surface area contributed by atoms with Crippen molar-refractivity contribution in [3.63, 3.8) is 0 Å². The van der Waals surface area contributed by atoms with Crippen LogP contribution in [0.15, 0.2) is 36.4 Å². The number of hydrogen-bond acceptors (Lipinski definition) is 3. The van der Waals surface area contributed by atoms with E-state index in [4.69, 9.17) is 9.47 Å². The van der Waals surface area contributed by atoms with Crippen LogP contribution in [0.1, 0.15) is 42.1 Å². The summed E-state index contributed by atoms with van der Waals surface area (Å²) in [6.07, 6.45) is 0.920. The van der Waals surface area contributed by atoms with Crippen molar-refractivity contribution < 1.29 is 9.47 Å². The molecule has 2 aromatic carbocycles. The van der Waals surface area contributed by atoms with Gasteiger partial charge in [0.25, 0.3) is 0 Å². The van der Waals surface area contributed by atoms with Crippen LogP contribution >= 0.6 is 0 Å². The van der Waals surface area contributed by atoms with Crippen LogP contribution in [0.5, 0.6) is 11.5 Å². The van der Waals surface area contributed by atoms with Gasteiger partial charge >= 0.3 is 0 Å². The highest BCUT2D eigenvalue weighted by Crippen LogP contribution is 2.39. The van der Waals surface area contributed by atoms with Gasteiger partial charge in [-0.05, 0) is 51.6 Å². The van der Waals surface area contributed by atoms with Gasteiger partial charge in [0, 0.05) is 17.2 Å². The molecule has 0 saturated carbocycles. The van der Waals surface area contributed by atoms with Gasteiger partial charge in [-0.1, -0.05) is 37.3 Å². The van der Waals surface area contributed by atoms with Crippen LogP contribution < -0.4 is 9.47 Å². The first kappa shape index (κ1) is 18.3. The first-order chi connectivity index (χ1) is 11.5. The zero-order chi connectivity index (χ0) is 17.7. The van der Waals surface area contributed by atoms with E-state index in [1.165, 1.54) is 22.3 Å². The van der Waals surface area contributed by atoms with Crippen molar-refractivity contribution >= 4 is 0 Å². The highest BCUT2D eigenvalue weighted by atomic mass is 16.5. The Morgan fingerprint density at radius 1 is 1.12 bits per heavy atom. The Hall–Kier alpha value is -2.00. The van der Waals surface area contributed by atoms with Crippen LogP contribution in [0.2, 0.25) is 0 Å². The molecule has 0 N–H and O–H groups in total. The van der Waals surface area contributed by atoms with E-state index in [-0.39, 0.29) is 6.04 Å². The van der Waals surface area contributed by atoms with E-state index >= 15 is 0 Å². The maximum atomic E-state index is 6.19. The van der Waals surface area contributed by atoms with Crippen molar-refractivity contribution in [1.29, 1.82) is 0 Å². The van der Waals surface area contributed by atoms with Crippen molar-refractivity contribution in [3.8, 4) is 11.5 Å². The van der Waals surface area contributed by atoms with Crippen molar-refractivity contribution in [3.05, 3.63) is 58.7 Å². The molecule has 0 fully saturated rings. The van der Waals surface area contributed by atoms with Crippen LogP contribution in [0.25, 0.3) is 0 Å². The average molecular weight is 327 g/mol. The third-order valence-electron chi connectivity index (χ3n) is 4.66. The van der Waals surface area contributed by atoms with Gasteiger partial charge in [0.15, 0.2) is 0 Å². The second-order valence-electron chi connectivity index (χ2n) is 6.37. The molecular weight excluding hydrogens is 298 g/mol. The van der Waals surface area contributed by atoms with E-state index in [1.807, 2.05) is 18.2 Å². The fourth-order valence-corrected chi connectivity index (χ4v) is 3.00. The summed E-state index contributed by atoms with van der Waals surface area (Å²) < 4.78 is 11.9. The monoisotopic (exact) mass is 327 g/mol. The second-order valence-corrected chi connectivity index (χ2v) is 6.37. The van der Waals surface area contributed by atoms with E-state index < -0.39 is 0 Å². The van der Waals surface area contributed by atoms with E-state index in [1.54, 1.807) is 7.11 Å². The van der Waals surface area contributed by atoms with Gasteiger partial charge in [0.05, 0.1) is 7.11 Å². The molecule has 0 aromatic heterocycles. The quantitative estimate of drug-likeness (QED) is 0.731. The predicted molar refractivity (Wildman–Crippen MR) is 100.0 cm³/mol. The van der Waals surface area contributed by atoms with Gasteiger partial charge in [-0.3, -0.25) is 0 Å². The maximum absolute atomic E-state index is 6.19. The van der Waals surface area contributed by atoms with Gasteiger partial charge in [-0.2, -0.15) is 0 Å². The van der Waals surface area contributed by atoms with Gasteiger partial charge in [-0.15, -0.1) is 0 Å². The van der Waals surface area contributed by atoms with Crippen molar-refractivity contribution in [2.24, 2.45) is 0 Å². The minimum Gasteiger partial charge on any atom is -0.496 e. The number of hydrogen-bond donors (Lipinski definition) is 0. The molecule has 130 valence electrons. The van der Waals surface area contributed by atoms with Crippen LogP contribution in [-0.2, 0) is 13.0 Å². The third kappa shape index (κ3) is 3.90. The first-order valence-electron chi connectivity index (χ1n) is 8.53. The summed E-state index contributed by atoms with van der Waals surface area (Å²) in [6, 6.07) is 12.7. The molecule has 0 aliphatic carbocycles. The summed E-state index contributed by atoms with van der Waals surface area (Å²) in [5.74, 6) is 1.93. The van der Waals surface area contributed by atoms with Gasteiger partial charge < -0.3 is 14.4 Å². The third-order valence-corrected chi connectivity index (χ3v) is 4.66. The fourth-order valence-electron chi connectivity index (χ4n) is 3.00. The van der Waals surface area contributed by atoms with Crippen LogP contribution in [0.3, 0.4) is 0 Å². The van der Waals surface area contributed by atoms with Crippen LogP contribution in [0.4, 0.5) is 0 Å². The van der Waals surface area contributed by atoms with Crippen LogP contribution in [-0.4, -0.2) is 26.1 Å². The zero-order valence-electron chi connectivity index (χ0n) is 15.7. The van der Waals surface area contributed by atoms with Gasteiger partial charge in [0.1, 0.15) is 18.1 Å². The highest BCUT2D eigenvalue weighted by molar-refractivity contribution is 5.54. The largest absolute Gasteiger partial charge is 0.496 e. The molecule has 2 rings (SSSR count). The summed E-state index contributed by atoms with van der Waals surface area (Å²) >= 11 is 0. The van der Waals surface area contributed by atoms with E-state index in [0.29, 0.717) is 6.61 Å². The minimum atomic E-state index is 0.253. The molecule has 24 heavy (non-hydrogen) atoms. The lowest BCUT2D eigenvalue weighted by Crippen LogP contribution is -2.18. The molecule has 0 bridgehead atoms. The van der Waals surface area contributed by atoms with Gasteiger partial charge in [-0.25, -0.2) is 0 Å². The molecule has 0 spiro atoms. The van der Waals surface area contributed by atoms with Crippen molar-refractivity contribution in [2.45, 2.75) is 39.8 Å². The van der Waals surface area contributed by atoms with Crippen LogP contribution in [0, 0.1) is 6.92 Å². The standard InChI is InChI=1S/C21H29NO2/c1-7-18-15(2)21(23-6)19(16(3)22(4)5)13-20(18)24-14-17-11-9-8-10-12-17/h8-13,16H,7,14H2,1-6H3.